The molecule has 0 saturated heterocycles. The van der Waals surface area contributed by atoms with Crippen molar-refractivity contribution in [2.24, 2.45) is 0 Å². The van der Waals surface area contributed by atoms with Gasteiger partial charge < -0.3 is 19.1 Å². The third-order valence-corrected chi connectivity index (χ3v) is 5.80. The number of carbonyl (C=O) groups is 1. The van der Waals surface area contributed by atoms with Gasteiger partial charge in [-0.2, -0.15) is 5.10 Å². The van der Waals surface area contributed by atoms with Crippen LogP contribution in [0.5, 0.6) is 17.2 Å². The normalized spacial score (nSPS) is 12.2. The van der Waals surface area contributed by atoms with Crippen molar-refractivity contribution in [2.45, 2.75) is 20.3 Å². The van der Waals surface area contributed by atoms with E-state index in [-0.39, 0.29) is 19.1 Å². The van der Waals surface area contributed by atoms with E-state index in [1.807, 2.05) is 62.4 Å². The molecule has 1 aliphatic heterocycles. The molecule has 2 aromatic heterocycles. The number of amides is 1. The van der Waals surface area contributed by atoms with E-state index in [0.717, 1.165) is 39.6 Å². The average molecular weight is 444 g/mol. The summed E-state index contributed by atoms with van der Waals surface area (Å²) in [5.41, 5.74) is 5.65. The van der Waals surface area contributed by atoms with Crippen LogP contribution in [0.1, 0.15) is 17.0 Å². The van der Waals surface area contributed by atoms with E-state index in [9.17, 15) is 4.79 Å². The molecule has 8 nitrogen and oxygen atoms in total. The Morgan fingerprint density at radius 2 is 1.85 bits per heavy atom. The van der Waals surface area contributed by atoms with Crippen LogP contribution in [0, 0.1) is 13.8 Å². The van der Waals surface area contributed by atoms with Gasteiger partial charge in [0.05, 0.1) is 19.2 Å². The Balaban J connectivity index is 1.55. The van der Waals surface area contributed by atoms with Gasteiger partial charge in [-0.25, -0.2) is 9.50 Å². The third-order valence-electron chi connectivity index (χ3n) is 5.80. The van der Waals surface area contributed by atoms with Crippen LogP contribution < -0.4 is 19.1 Å². The predicted octanol–water partition coefficient (Wildman–Crippen LogP) is 3.96. The van der Waals surface area contributed by atoms with Crippen molar-refractivity contribution in [1.29, 1.82) is 0 Å². The number of benzene rings is 2. The number of aromatic nitrogens is 3. The van der Waals surface area contributed by atoms with Crippen molar-refractivity contribution in [3.05, 3.63) is 65.5 Å². The van der Waals surface area contributed by atoms with E-state index in [1.54, 1.807) is 23.6 Å². The Kier molecular flexibility index (Phi) is 5.12. The highest BCUT2D eigenvalue weighted by atomic mass is 16.7. The van der Waals surface area contributed by atoms with Gasteiger partial charge in [-0.05, 0) is 56.3 Å². The predicted molar refractivity (Wildman–Crippen MR) is 124 cm³/mol. The van der Waals surface area contributed by atoms with Crippen LogP contribution >= 0.6 is 0 Å². The summed E-state index contributed by atoms with van der Waals surface area (Å²) < 4.78 is 17.9. The van der Waals surface area contributed by atoms with Gasteiger partial charge in [0, 0.05) is 41.3 Å². The van der Waals surface area contributed by atoms with Crippen LogP contribution in [-0.2, 0) is 11.2 Å². The van der Waals surface area contributed by atoms with Crippen LogP contribution in [0.4, 0.5) is 5.69 Å². The van der Waals surface area contributed by atoms with Gasteiger partial charge in [-0.1, -0.05) is 0 Å². The lowest BCUT2D eigenvalue weighted by Crippen LogP contribution is -2.28. The summed E-state index contributed by atoms with van der Waals surface area (Å²) in [7, 11) is 3.38. The molecular formula is C25H24N4O4. The summed E-state index contributed by atoms with van der Waals surface area (Å²) in [6.45, 7) is 4.11. The summed E-state index contributed by atoms with van der Waals surface area (Å²) in [4.78, 5) is 19.7. The van der Waals surface area contributed by atoms with Crippen molar-refractivity contribution < 1.29 is 19.0 Å². The molecule has 0 atom stereocenters. The first-order chi connectivity index (χ1) is 15.9. The second-order valence-corrected chi connectivity index (χ2v) is 8.00. The number of likely N-dealkylation sites (N-methyl/N-ethyl adjacent to an activating group) is 1. The van der Waals surface area contributed by atoms with Crippen molar-refractivity contribution in [2.75, 3.05) is 25.9 Å². The van der Waals surface area contributed by atoms with Gasteiger partial charge in [0.1, 0.15) is 5.75 Å². The van der Waals surface area contributed by atoms with Gasteiger partial charge in [-0.15, -0.1) is 0 Å². The molecule has 33 heavy (non-hydrogen) atoms. The van der Waals surface area contributed by atoms with Gasteiger partial charge in [0.15, 0.2) is 17.1 Å². The highest BCUT2D eigenvalue weighted by Crippen LogP contribution is 2.36. The van der Waals surface area contributed by atoms with E-state index in [0.29, 0.717) is 17.1 Å². The summed E-state index contributed by atoms with van der Waals surface area (Å²) in [5, 5.41) is 4.82. The van der Waals surface area contributed by atoms with Crippen LogP contribution in [-0.4, -0.2) is 41.5 Å². The van der Waals surface area contributed by atoms with Crippen molar-refractivity contribution in [1.82, 2.24) is 14.6 Å². The van der Waals surface area contributed by atoms with Gasteiger partial charge in [0.2, 0.25) is 12.7 Å². The fraction of sp³-hybridized carbons (Fsp3) is 0.240. The quantitative estimate of drug-likeness (QED) is 0.464. The molecule has 168 valence electrons. The topological polar surface area (TPSA) is 78.2 Å². The van der Waals surface area contributed by atoms with E-state index in [4.69, 9.17) is 24.3 Å². The molecule has 1 amide bonds. The molecule has 0 bridgehead atoms. The van der Waals surface area contributed by atoms with E-state index < -0.39 is 0 Å². The highest BCUT2D eigenvalue weighted by Gasteiger charge is 2.23. The minimum Gasteiger partial charge on any atom is -0.497 e. The number of carbonyl (C=O) groups excluding carboxylic acids is 1. The Hall–Kier alpha value is -4.07. The first-order valence-corrected chi connectivity index (χ1v) is 10.6. The maximum absolute atomic E-state index is 13.4. The second-order valence-electron chi connectivity index (χ2n) is 8.00. The Morgan fingerprint density at radius 3 is 2.61 bits per heavy atom. The molecule has 0 radical (unpaired) electrons. The maximum Gasteiger partial charge on any atom is 0.231 e. The molecule has 2 aromatic carbocycles. The SMILES string of the molecule is COc1ccc(-c2nn3c(C)cc(C)nc3c2CC(=O)N(C)c2ccc3c(c2)OCO3)cc1. The number of anilines is 1. The number of methoxy groups -OCH3 is 1. The number of hydrogen-bond donors (Lipinski definition) is 0. The molecule has 0 N–H and O–H groups in total. The van der Waals surface area contributed by atoms with Crippen molar-refractivity contribution in [3.63, 3.8) is 0 Å². The minimum absolute atomic E-state index is 0.0838. The lowest BCUT2D eigenvalue weighted by Gasteiger charge is -2.18. The first-order valence-electron chi connectivity index (χ1n) is 10.6. The van der Waals surface area contributed by atoms with Crippen LogP contribution in [0.15, 0.2) is 48.5 Å². The zero-order chi connectivity index (χ0) is 23.1. The zero-order valence-corrected chi connectivity index (χ0v) is 19.0. The molecular weight excluding hydrogens is 420 g/mol. The number of aryl methyl sites for hydroxylation is 2. The largest absolute Gasteiger partial charge is 0.497 e. The van der Waals surface area contributed by atoms with Crippen molar-refractivity contribution in [3.8, 4) is 28.5 Å². The Labute approximate surface area is 191 Å². The first kappa shape index (κ1) is 20.8. The summed E-state index contributed by atoms with van der Waals surface area (Å²) in [5.74, 6) is 1.99. The maximum atomic E-state index is 13.4. The molecule has 4 aromatic rings. The number of hydrogen-bond acceptors (Lipinski definition) is 6. The lowest BCUT2D eigenvalue weighted by atomic mass is 10.0. The fourth-order valence-electron chi connectivity index (χ4n) is 4.02. The molecule has 0 fully saturated rings. The average Bonchev–Trinajstić information content (AvgIpc) is 3.43. The molecule has 0 aliphatic carbocycles. The standard InChI is InChI=1S/C25H24N4O4/c1-15-11-16(2)29-25(26-15)20(24(27-29)17-5-8-19(31-4)9-6-17)13-23(30)28(3)18-7-10-21-22(12-18)33-14-32-21/h5-12H,13-14H2,1-4H3. The van der Waals surface area contributed by atoms with Crippen molar-refractivity contribution >= 4 is 17.2 Å². The molecule has 5 rings (SSSR count). The Bertz CT molecular complexity index is 1360. The molecule has 8 heteroatoms. The lowest BCUT2D eigenvalue weighted by molar-refractivity contribution is -0.117. The smallest absolute Gasteiger partial charge is 0.231 e. The van der Waals surface area contributed by atoms with E-state index in [2.05, 4.69) is 0 Å². The Morgan fingerprint density at radius 1 is 1.09 bits per heavy atom. The summed E-state index contributed by atoms with van der Waals surface area (Å²) in [6, 6.07) is 15.1. The zero-order valence-electron chi connectivity index (χ0n) is 19.0. The van der Waals surface area contributed by atoms with Crippen LogP contribution in [0.25, 0.3) is 16.9 Å². The minimum atomic E-state index is -0.0838. The number of fused-ring (bicyclic) bond motifs is 2. The molecule has 0 saturated carbocycles. The number of rotatable bonds is 5. The highest BCUT2D eigenvalue weighted by molar-refractivity contribution is 5.96. The number of ether oxygens (including phenoxy) is 3. The molecule has 0 spiro atoms. The molecule has 0 unspecified atom stereocenters. The van der Waals surface area contributed by atoms with Crippen LogP contribution in [0.2, 0.25) is 0 Å². The van der Waals surface area contributed by atoms with Gasteiger partial charge in [0.25, 0.3) is 0 Å². The van der Waals surface area contributed by atoms with Gasteiger partial charge in [-0.3, -0.25) is 4.79 Å². The van der Waals surface area contributed by atoms with Crippen LogP contribution in [0.3, 0.4) is 0 Å². The third kappa shape index (κ3) is 3.73. The molecule has 1 aliphatic rings. The summed E-state index contributed by atoms with van der Waals surface area (Å²) in [6.07, 6.45) is 0.145. The summed E-state index contributed by atoms with van der Waals surface area (Å²) >= 11 is 0. The second kappa shape index (κ2) is 8.12. The van der Waals surface area contributed by atoms with E-state index >= 15 is 0 Å². The number of nitrogens with zero attached hydrogens (tertiary/aromatic N) is 4. The monoisotopic (exact) mass is 444 g/mol. The molecule has 3 heterocycles. The van der Waals surface area contributed by atoms with Gasteiger partial charge >= 0.3 is 0 Å². The fourth-order valence-corrected chi connectivity index (χ4v) is 4.02. The van der Waals surface area contributed by atoms with E-state index in [1.165, 1.54) is 0 Å².